The lowest BCUT2D eigenvalue weighted by atomic mass is 10.3. The molecule has 0 atom stereocenters. The second kappa shape index (κ2) is 5.22. The molecule has 0 spiro atoms. The van der Waals surface area contributed by atoms with E-state index in [9.17, 15) is 4.79 Å². The van der Waals surface area contributed by atoms with Gasteiger partial charge in [-0.25, -0.2) is 9.97 Å². The lowest BCUT2D eigenvalue weighted by molar-refractivity contribution is 0.640. The van der Waals surface area contributed by atoms with Crippen LogP contribution < -0.4 is 10.9 Å². The molecule has 0 aromatic carbocycles. The second-order valence-electron chi connectivity index (χ2n) is 4.45. The summed E-state index contributed by atoms with van der Waals surface area (Å²) >= 11 is 0. The van der Waals surface area contributed by atoms with E-state index >= 15 is 0 Å². The number of fused-ring (bicyclic) bond motifs is 1. The molecule has 3 rings (SSSR count). The van der Waals surface area contributed by atoms with Gasteiger partial charge in [-0.15, -0.1) is 0 Å². The van der Waals surface area contributed by atoms with E-state index in [2.05, 4.69) is 20.4 Å². The van der Waals surface area contributed by atoms with Crippen molar-refractivity contribution < 1.29 is 0 Å². The minimum Gasteiger partial charge on any atom is -0.304 e. The Morgan fingerprint density at radius 1 is 1.30 bits per heavy atom. The first-order valence-electron chi connectivity index (χ1n) is 6.25. The van der Waals surface area contributed by atoms with Crippen molar-refractivity contribution in [2.75, 3.05) is 0 Å². The molecule has 20 heavy (non-hydrogen) atoms. The van der Waals surface area contributed by atoms with E-state index in [1.165, 1.54) is 10.5 Å². The van der Waals surface area contributed by atoms with Gasteiger partial charge >= 0.3 is 0 Å². The largest absolute Gasteiger partial charge is 0.304 e. The van der Waals surface area contributed by atoms with E-state index in [-0.39, 0.29) is 5.56 Å². The van der Waals surface area contributed by atoms with Crippen LogP contribution in [0.4, 0.5) is 0 Å². The molecule has 102 valence electrons. The molecular formula is C13H14N6O. The molecule has 7 heteroatoms. The number of nitrogens with zero attached hydrogens (tertiary/aromatic N) is 5. The fraction of sp³-hybridized carbons (Fsp3) is 0.231. The van der Waals surface area contributed by atoms with Crippen molar-refractivity contribution in [2.45, 2.75) is 13.1 Å². The van der Waals surface area contributed by atoms with Gasteiger partial charge in [-0.1, -0.05) is 6.07 Å². The number of nitrogens with one attached hydrogen (secondary N) is 1. The van der Waals surface area contributed by atoms with Crippen LogP contribution in [0.2, 0.25) is 0 Å². The minimum atomic E-state index is -0.0802. The minimum absolute atomic E-state index is 0.0802. The van der Waals surface area contributed by atoms with Gasteiger partial charge in [0.15, 0.2) is 5.82 Å². The number of rotatable bonds is 4. The summed E-state index contributed by atoms with van der Waals surface area (Å²) in [5, 5.41) is 7.34. The average molecular weight is 270 g/mol. The van der Waals surface area contributed by atoms with Crippen LogP contribution in [0, 0.1) is 0 Å². The highest BCUT2D eigenvalue weighted by molar-refractivity contribution is 5.37. The Bertz CT molecular complexity index is 791. The second-order valence-corrected chi connectivity index (χ2v) is 4.45. The zero-order valence-corrected chi connectivity index (χ0v) is 11.0. The summed E-state index contributed by atoms with van der Waals surface area (Å²) in [5.41, 5.74) is 1.27. The van der Waals surface area contributed by atoms with Gasteiger partial charge in [-0.2, -0.15) is 5.10 Å². The lowest BCUT2D eigenvalue weighted by Crippen LogP contribution is -2.20. The normalized spacial score (nSPS) is 11.1. The maximum atomic E-state index is 11.9. The molecule has 0 aliphatic carbocycles. The molecule has 3 heterocycles. The quantitative estimate of drug-likeness (QED) is 0.728. The van der Waals surface area contributed by atoms with Gasteiger partial charge in [0.05, 0.1) is 12.2 Å². The number of aromatic nitrogens is 5. The fourth-order valence-corrected chi connectivity index (χ4v) is 1.96. The number of pyridine rings is 1. The molecule has 0 aliphatic heterocycles. The van der Waals surface area contributed by atoms with Crippen molar-refractivity contribution in [1.82, 2.24) is 29.5 Å². The van der Waals surface area contributed by atoms with Gasteiger partial charge in [0.25, 0.3) is 5.56 Å². The molecule has 0 saturated heterocycles. The highest BCUT2D eigenvalue weighted by Crippen LogP contribution is 1.98. The standard InChI is InChI=1S/C13H14N6O/c1-18-9-15-11(17-18)8-14-7-10-6-13(20)19-5-3-2-4-12(19)16-10/h2-6,9,14H,7-8H2,1H3. The first-order valence-corrected chi connectivity index (χ1v) is 6.25. The predicted molar refractivity (Wildman–Crippen MR) is 73.0 cm³/mol. The van der Waals surface area contributed by atoms with Crippen molar-refractivity contribution in [2.24, 2.45) is 7.05 Å². The summed E-state index contributed by atoms with van der Waals surface area (Å²) in [6.07, 6.45) is 3.36. The predicted octanol–water partition coefficient (Wildman–Crippen LogP) is 0.113. The molecule has 0 amide bonds. The molecule has 0 aliphatic rings. The first kappa shape index (κ1) is 12.5. The van der Waals surface area contributed by atoms with E-state index in [1.54, 1.807) is 23.3 Å². The third-order valence-corrected chi connectivity index (χ3v) is 2.86. The Kier molecular flexibility index (Phi) is 3.26. The van der Waals surface area contributed by atoms with E-state index in [1.807, 2.05) is 19.2 Å². The van der Waals surface area contributed by atoms with Crippen LogP contribution >= 0.6 is 0 Å². The third kappa shape index (κ3) is 2.57. The van der Waals surface area contributed by atoms with Crippen LogP contribution in [-0.4, -0.2) is 24.1 Å². The smallest absolute Gasteiger partial charge is 0.258 e. The van der Waals surface area contributed by atoms with Gasteiger partial charge in [0.1, 0.15) is 12.0 Å². The Morgan fingerprint density at radius 2 is 2.20 bits per heavy atom. The van der Waals surface area contributed by atoms with Crippen LogP contribution in [0.15, 0.2) is 41.6 Å². The van der Waals surface area contributed by atoms with Gasteiger partial charge in [0, 0.05) is 25.9 Å². The van der Waals surface area contributed by atoms with Gasteiger partial charge in [0.2, 0.25) is 0 Å². The summed E-state index contributed by atoms with van der Waals surface area (Å²) in [7, 11) is 1.82. The summed E-state index contributed by atoms with van der Waals surface area (Å²) in [4.78, 5) is 20.4. The summed E-state index contributed by atoms with van der Waals surface area (Å²) in [5.74, 6) is 0.713. The molecule has 0 radical (unpaired) electrons. The van der Waals surface area contributed by atoms with E-state index < -0.39 is 0 Å². The summed E-state index contributed by atoms with van der Waals surface area (Å²) < 4.78 is 3.17. The van der Waals surface area contributed by atoms with Gasteiger partial charge in [-0.05, 0) is 12.1 Å². The van der Waals surface area contributed by atoms with Crippen LogP contribution in [-0.2, 0) is 20.1 Å². The number of hydrogen-bond donors (Lipinski definition) is 1. The van der Waals surface area contributed by atoms with Crippen molar-refractivity contribution in [3.05, 3.63) is 58.7 Å². The van der Waals surface area contributed by atoms with Crippen molar-refractivity contribution in [3.8, 4) is 0 Å². The number of aryl methyl sites for hydroxylation is 1. The highest BCUT2D eigenvalue weighted by atomic mass is 16.1. The summed E-state index contributed by atoms with van der Waals surface area (Å²) in [6, 6.07) is 7.01. The maximum absolute atomic E-state index is 11.9. The van der Waals surface area contributed by atoms with Gasteiger partial charge < -0.3 is 5.32 Å². The molecule has 7 nitrogen and oxygen atoms in total. The maximum Gasteiger partial charge on any atom is 0.258 e. The molecule has 3 aromatic rings. The van der Waals surface area contributed by atoms with E-state index in [0.717, 1.165) is 0 Å². The van der Waals surface area contributed by atoms with Crippen LogP contribution in [0.25, 0.3) is 5.65 Å². The Hall–Kier alpha value is -2.54. The van der Waals surface area contributed by atoms with Crippen molar-refractivity contribution in [3.63, 3.8) is 0 Å². The van der Waals surface area contributed by atoms with Crippen LogP contribution in [0.5, 0.6) is 0 Å². The Morgan fingerprint density at radius 3 is 3.00 bits per heavy atom. The number of hydrogen-bond acceptors (Lipinski definition) is 5. The molecular weight excluding hydrogens is 256 g/mol. The Balaban J connectivity index is 1.73. The Labute approximate surface area is 114 Å². The van der Waals surface area contributed by atoms with Crippen LogP contribution in [0.3, 0.4) is 0 Å². The summed E-state index contributed by atoms with van der Waals surface area (Å²) in [6.45, 7) is 1.04. The van der Waals surface area contributed by atoms with E-state index in [0.29, 0.717) is 30.3 Å². The zero-order valence-electron chi connectivity index (χ0n) is 11.0. The average Bonchev–Trinajstić information content (AvgIpc) is 2.85. The molecule has 0 unspecified atom stereocenters. The SMILES string of the molecule is Cn1cnc(CNCc2cc(=O)n3ccccc3n2)n1. The van der Waals surface area contributed by atoms with Gasteiger partial charge in [-0.3, -0.25) is 13.9 Å². The first-order chi connectivity index (χ1) is 9.72. The topological polar surface area (TPSA) is 77.1 Å². The van der Waals surface area contributed by atoms with E-state index in [4.69, 9.17) is 0 Å². The fourth-order valence-electron chi connectivity index (χ4n) is 1.96. The highest BCUT2D eigenvalue weighted by Gasteiger charge is 2.03. The zero-order chi connectivity index (χ0) is 13.9. The van der Waals surface area contributed by atoms with Crippen molar-refractivity contribution >= 4 is 5.65 Å². The molecule has 0 bridgehead atoms. The molecule has 0 saturated carbocycles. The van der Waals surface area contributed by atoms with Crippen LogP contribution in [0.1, 0.15) is 11.5 Å². The van der Waals surface area contributed by atoms with Crippen molar-refractivity contribution in [1.29, 1.82) is 0 Å². The third-order valence-electron chi connectivity index (χ3n) is 2.86. The monoisotopic (exact) mass is 270 g/mol. The lowest BCUT2D eigenvalue weighted by Gasteiger charge is -2.04. The molecule has 3 aromatic heterocycles. The molecule has 0 fully saturated rings. The molecule has 1 N–H and O–H groups in total.